The third-order valence-electron chi connectivity index (χ3n) is 4.92. The van der Waals surface area contributed by atoms with Gasteiger partial charge in [-0.3, -0.25) is 4.79 Å². The second kappa shape index (κ2) is 11.1. The molecule has 0 aliphatic rings. The van der Waals surface area contributed by atoms with Crippen LogP contribution < -0.4 is 10.6 Å². The van der Waals surface area contributed by atoms with Gasteiger partial charge in [0.05, 0.1) is 21.2 Å². The number of carbonyl (C=O) groups is 2. The maximum absolute atomic E-state index is 13.3. The van der Waals surface area contributed by atoms with Gasteiger partial charge in [-0.2, -0.15) is 13.2 Å². The number of amides is 1. The number of aliphatic carboxylic acids is 1. The lowest BCUT2D eigenvalue weighted by Crippen LogP contribution is -2.42. The fourth-order valence-electron chi connectivity index (χ4n) is 3.23. The van der Waals surface area contributed by atoms with Crippen LogP contribution in [0.15, 0.2) is 66.7 Å². The van der Waals surface area contributed by atoms with E-state index < -0.39 is 29.7 Å². The molecule has 1 atom stereocenters. The number of alkyl halides is 3. The molecule has 0 fully saturated rings. The van der Waals surface area contributed by atoms with E-state index in [2.05, 4.69) is 10.6 Å². The van der Waals surface area contributed by atoms with Gasteiger partial charge in [-0.1, -0.05) is 71.8 Å². The molecular formula is C24H17Cl2F3N2O3S. The first-order chi connectivity index (χ1) is 16.5. The van der Waals surface area contributed by atoms with Crippen molar-refractivity contribution < 1.29 is 27.9 Å². The molecule has 0 radical (unpaired) electrons. The molecule has 0 spiro atoms. The number of halogens is 5. The van der Waals surface area contributed by atoms with Crippen molar-refractivity contribution in [2.45, 2.75) is 18.6 Å². The second-order valence-corrected chi connectivity index (χ2v) is 8.58. The van der Waals surface area contributed by atoms with Gasteiger partial charge in [-0.05, 0) is 35.9 Å². The molecule has 0 aliphatic heterocycles. The second-order valence-electron chi connectivity index (χ2n) is 7.36. The van der Waals surface area contributed by atoms with Gasteiger partial charge in [0, 0.05) is 17.7 Å². The molecule has 11 heteroatoms. The van der Waals surface area contributed by atoms with Gasteiger partial charge >= 0.3 is 12.1 Å². The van der Waals surface area contributed by atoms with Gasteiger partial charge < -0.3 is 15.7 Å². The van der Waals surface area contributed by atoms with E-state index in [0.29, 0.717) is 11.3 Å². The summed E-state index contributed by atoms with van der Waals surface area (Å²) in [6, 6.07) is 14.3. The number of rotatable bonds is 7. The molecular weight excluding hydrogens is 524 g/mol. The number of nitrogens with one attached hydrogen (secondary N) is 2. The summed E-state index contributed by atoms with van der Waals surface area (Å²) >= 11 is 17.2. The summed E-state index contributed by atoms with van der Waals surface area (Å²) in [5.41, 5.74) is -0.199. The molecule has 182 valence electrons. The highest BCUT2D eigenvalue weighted by atomic mass is 35.5. The van der Waals surface area contributed by atoms with Crippen LogP contribution in [0.1, 0.15) is 27.0 Å². The third kappa shape index (κ3) is 6.72. The summed E-state index contributed by atoms with van der Waals surface area (Å²) in [4.78, 5) is 23.9. The lowest BCUT2D eigenvalue weighted by atomic mass is 10.0. The van der Waals surface area contributed by atoms with Crippen LogP contribution in [0.25, 0.3) is 0 Å². The molecule has 5 nitrogen and oxygen atoms in total. The predicted octanol–water partition coefficient (Wildman–Crippen LogP) is 6.23. The fourth-order valence-corrected chi connectivity index (χ4v) is 4.12. The van der Waals surface area contributed by atoms with Gasteiger partial charge in [0.25, 0.3) is 5.91 Å². The zero-order valence-corrected chi connectivity index (χ0v) is 20.0. The van der Waals surface area contributed by atoms with Crippen molar-refractivity contribution in [3.8, 4) is 0 Å². The highest BCUT2D eigenvalue weighted by Gasteiger charge is 2.34. The third-order valence-corrected chi connectivity index (χ3v) is 5.89. The Labute approximate surface area is 213 Å². The first-order valence-corrected chi connectivity index (χ1v) is 11.2. The molecule has 1 amide bonds. The quantitative estimate of drug-likeness (QED) is 0.310. The maximum atomic E-state index is 13.3. The van der Waals surface area contributed by atoms with E-state index in [9.17, 15) is 27.9 Å². The van der Waals surface area contributed by atoms with Crippen molar-refractivity contribution in [3.63, 3.8) is 0 Å². The molecule has 0 unspecified atom stereocenters. The molecule has 0 saturated heterocycles. The molecule has 0 aromatic heterocycles. The number of hydrogen-bond donors (Lipinski definition) is 3. The van der Waals surface area contributed by atoms with Crippen molar-refractivity contribution in [1.29, 1.82) is 0 Å². The summed E-state index contributed by atoms with van der Waals surface area (Å²) < 4.78 is 39.9. The molecule has 3 rings (SSSR count). The van der Waals surface area contributed by atoms with Crippen molar-refractivity contribution in [2.75, 3.05) is 5.32 Å². The van der Waals surface area contributed by atoms with E-state index >= 15 is 0 Å². The number of benzene rings is 3. The first-order valence-electron chi connectivity index (χ1n) is 10.0. The Morgan fingerprint density at radius 2 is 1.54 bits per heavy atom. The minimum absolute atomic E-state index is 0.0752. The van der Waals surface area contributed by atoms with Gasteiger partial charge in [-0.25, -0.2) is 4.79 Å². The van der Waals surface area contributed by atoms with Crippen LogP contribution in [0.4, 0.5) is 18.9 Å². The average molecular weight is 541 g/mol. The normalized spacial score (nSPS) is 12.0. The van der Waals surface area contributed by atoms with Crippen LogP contribution in [-0.2, 0) is 17.4 Å². The highest BCUT2D eigenvalue weighted by Crippen LogP contribution is 2.32. The summed E-state index contributed by atoms with van der Waals surface area (Å²) in [6.07, 6.45) is -4.72. The highest BCUT2D eigenvalue weighted by molar-refractivity contribution is 7.80. The summed E-state index contributed by atoms with van der Waals surface area (Å²) in [6.45, 7) is 0. The lowest BCUT2D eigenvalue weighted by molar-refractivity contribution is -0.139. The van der Waals surface area contributed by atoms with E-state index in [1.807, 2.05) is 0 Å². The molecule has 0 bridgehead atoms. The number of carboxylic acids is 1. The Morgan fingerprint density at radius 3 is 2.11 bits per heavy atom. The number of thiocarbonyl (C=S) groups is 1. The largest absolute Gasteiger partial charge is 0.480 e. The Hall–Kier alpha value is -3.14. The topological polar surface area (TPSA) is 78.4 Å². The average Bonchev–Trinajstić information content (AvgIpc) is 2.79. The van der Waals surface area contributed by atoms with Gasteiger partial charge in [0.1, 0.15) is 11.0 Å². The van der Waals surface area contributed by atoms with E-state index in [1.54, 1.807) is 30.3 Å². The van der Waals surface area contributed by atoms with Crippen molar-refractivity contribution in [2.24, 2.45) is 0 Å². The number of anilines is 1. The van der Waals surface area contributed by atoms with Crippen LogP contribution in [0.5, 0.6) is 0 Å². The van der Waals surface area contributed by atoms with Gasteiger partial charge in [0.15, 0.2) is 0 Å². The lowest BCUT2D eigenvalue weighted by Gasteiger charge is -2.19. The summed E-state index contributed by atoms with van der Waals surface area (Å²) in [7, 11) is 0. The zero-order valence-electron chi connectivity index (χ0n) is 17.7. The monoisotopic (exact) mass is 540 g/mol. The number of carboxylic acid groups (broad SMARTS) is 1. The van der Waals surface area contributed by atoms with E-state index in [4.69, 9.17) is 35.4 Å². The molecule has 3 N–H and O–H groups in total. The zero-order chi connectivity index (χ0) is 25.8. The first kappa shape index (κ1) is 26.5. The van der Waals surface area contributed by atoms with Crippen LogP contribution in [0, 0.1) is 0 Å². The maximum Gasteiger partial charge on any atom is 0.417 e. The number of carbonyl (C=O) groups excluding carboxylic acids is 1. The standard InChI is InChI=1S/C24H17Cl2F3N2O3S/c25-17-6-3-7-18(26)20(17)21(32)30-14-10-8-13(9-11-14)12-19(23(33)34)31-22(35)15-4-1-2-5-16(15)24(27,28)29/h1-11,19H,12H2,(H,30,32)(H,31,35)(H,33,34)/t19-/m0/s1. The van der Waals surface area contributed by atoms with Crippen molar-refractivity contribution in [1.82, 2.24) is 5.32 Å². The Bertz CT molecular complexity index is 1250. The van der Waals surface area contributed by atoms with Crippen LogP contribution in [0.3, 0.4) is 0 Å². The molecule has 0 heterocycles. The van der Waals surface area contributed by atoms with Crippen LogP contribution in [0.2, 0.25) is 10.0 Å². The Morgan fingerprint density at radius 1 is 0.943 bits per heavy atom. The van der Waals surface area contributed by atoms with E-state index in [-0.39, 0.29) is 32.6 Å². The predicted molar refractivity (Wildman–Crippen MR) is 132 cm³/mol. The molecule has 0 saturated carbocycles. The molecule has 35 heavy (non-hydrogen) atoms. The SMILES string of the molecule is O=C(Nc1ccc(C[C@H](NC(=S)c2ccccc2C(F)(F)F)C(=O)O)cc1)c1c(Cl)cccc1Cl. The van der Waals surface area contributed by atoms with Gasteiger partial charge in [0.2, 0.25) is 0 Å². The van der Waals surface area contributed by atoms with Gasteiger partial charge in [-0.15, -0.1) is 0 Å². The van der Waals surface area contributed by atoms with Crippen molar-refractivity contribution >= 4 is 58.0 Å². The van der Waals surface area contributed by atoms with E-state index in [1.165, 1.54) is 30.3 Å². The minimum atomic E-state index is -4.64. The Balaban J connectivity index is 1.71. The molecule has 3 aromatic rings. The molecule has 0 aliphatic carbocycles. The molecule has 3 aromatic carbocycles. The summed E-state index contributed by atoms with van der Waals surface area (Å²) in [5.74, 6) is -1.81. The minimum Gasteiger partial charge on any atom is -0.480 e. The van der Waals surface area contributed by atoms with Crippen molar-refractivity contribution in [3.05, 3.63) is 99.0 Å². The van der Waals surface area contributed by atoms with E-state index in [0.717, 1.165) is 6.07 Å². The smallest absolute Gasteiger partial charge is 0.417 e. The Kier molecular flexibility index (Phi) is 8.37. The van der Waals surface area contributed by atoms with Crippen LogP contribution >= 0.6 is 35.4 Å². The number of hydrogen-bond acceptors (Lipinski definition) is 3. The fraction of sp³-hybridized carbons (Fsp3) is 0.125. The van der Waals surface area contributed by atoms with Crippen LogP contribution in [-0.4, -0.2) is 28.0 Å². The summed E-state index contributed by atoms with van der Waals surface area (Å²) in [5, 5.41) is 15.1.